The van der Waals surface area contributed by atoms with E-state index in [2.05, 4.69) is 9.82 Å². The first-order valence-electron chi connectivity index (χ1n) is 8.87. The molecule has 4 rings (SSSR count). The van der Waals surface area contributed by atoms with Gasteiger partial charge >= 0.3 is 10.2 Å². The molecule has 140 valence electrons. The second-order valence-corrected chi connectivity index (χ2v) is 9.59. The fourth-order valence-electron chi connectivity index (χ4n) is 3.83. The lowest BCUT2D eigenvalue weighted by atomic mass is 10.1. The van der Waals surface area contributed by atoms with Gasteiger partial charge in [0.05, 0.1) is 17.8 Å². The molecule has 3 heterocycles. The van der Waals surface area contributed by atoms with Crippen molar-refractivity contribution in [2.24, 2.45) is 0 Å². The molecule has 0 radical (unpaired) electrons. The molecule has 1 N–H and O–H groups in total. The van der Waals surface area contributed by atoms with Crippen molar-refractivity contribution in [1.29, 1.82) is 0 Å². The molecule has 26 heavy (non-hydrogen) atoms. The topological polar surface area (TPSA) is 84.3 Å². The number of fused-ring (bicyclic) bond motifs is 1. The van der Waals surface area contributed by atoms with E-state index in [1.165, 1.54) is 28.2 Å². The van der Waals surface area contributed by atoms with E-state index in [0.29, 0.717) is 31.1 Å². The summed E-state index contributed by atoms with van der Waals surface area (Å²) in [7, 11) is -3.88. The van der Waals surface area contributed by atoms with Crippen LogP contribution in [-0.2, 0) is 23.2 Å². The third-order valence-electron chi connectivity index (χ3n) is 5.29. The molecule has 0 atom stereocenters. The summed E-state index contributed by atoms with van der Waals surface area (Å²) in [5, 5.41) is 6.31. The number of hydrogen-bond donors (Lipinski definition) is 1. The van der Waals surface area contributed by atoms with Gasteiger partial charge in [-0.2, -0.15) is 17.8 Å². The number of amides is 1. The molecule has 1 fully saturated rings. The number of carbonyl (C=O) groups excluding carboxylic acids is 1. The van der Waals surface area contributed by atoms with Gasteiger partial charge in [0.15, 0.2) is 0 Å². The van der Waals surface area contributed by atoms with Crippen LogP contribution in [0.5, 0.6) is 0 Å². The number of nitrogens with zero attached hydrogens (tertiary/aromatic N) is 3. The highest BCUT2D eigenvalue weighted by Gasteiger charge is 2.30. The standard InChI is InChI=1S/C17H22N4O3S2/c1-12-15(10-18-21(12)14-4-2-3-5-14)17(22)19-26(23,24)20-8-6-16-13(11-20)7-9-25-16/h7,9-10,14H,2-6,8,11H2,1H3,(H,19,22). The second-order valence-electron chi connectivity index (χ2n) is 6.92. The summed E-state index contributed by atoms with van der Waals surface area (Å²) in [5.41, 5.74) is 2.07. The van der Waals surface area contributed by atoms with Gasteiger partial charge in [-0.1, -0.05) is 12.8 Å². The van der Waals surface area contributed by atoms with Crippen LogP contribution in [0.3, 0.4) is 0 Å². The van der Waals surface area contributed by atoms with Crippen LogP contribution in [0.25, 0.3) is 0 Å². The van der Waals surface area contributed by atoms with Crippen LogP contribution in [0.1, 0.15) is 58.2 Å². The first-order valence-corrected chi connectivity index (χ1v) is 11.2. The lowest BCUT2D eigenvalue weighted by molar-refractivity contribution is 0.0978. The van der Waals surface area contributed by atoms with Gasteiger partial charge in [0.2, 0.25) is 0 Å². The van der Waals surface area contributed by atoms with Crippen LogP contribution in [0.2, 0.25) is 0 Å². The summed E-state index contributed by atoms with van der Waals surface area (Å²) < 4.78 is 30.7. The first kappa shape index (κ1) is 17.7. The fraction of sp³-hybridized carbons (Fsp3) is 0.529. The van der Waals surface area contributed by atoms with Gasteiger partial charge in [0.1, 0.15) is 0 Å². The minimum atomic E-state index is -3.88. The SMILES string of the molecule is Cc1c(C(=O)NS(=O)(=O)N2CCc3sccc3C2)cnn1C1CCCC1. The fourth-order valence-corrected chi connectivity index (χ4v) is 5.83. The summed E-state index contributed by atoms with van der Waals surface area (Å²) in [6.45, 7) is 2.52. The molecule has 7 nitrogen and oxygen atoms in total. The second kappa shape index (κ2) is 6.79. The number of hydrogen-bond acceptors (Lipinski definition) is 5. The van der Waals surface area contributed by atoms with Crippen molar-refractivity contribution in [3.63, 3.8) is 0 Å². The Labute approximate surface area is 157 Å². The van der Waals surface area contributed by atoms with Crippen LogP contribution in [-0.4, -0.2) is 35.0 Å². The lowest BCUT2D eigenvalue weighted by Crippen LogP contribution is -2.45. The normalized spacial score (nSPS) is 18.8. The average Bonchev–Trinajstić information content (AvgIpc) is 3.33. The zero-order valence-electron chi connectivity index (χ0n) is 14.6. The Kier molecular flexibility index (Phi) is 4.62. The van der Waals surface area contributed by atoms with Crippen LogP contribution in [0, 0.1) is 6.92 Å². The molecule has 9 heteroatoms. The molecule has 0 spiro atoms. The molecular weight excluding hydrogens is 372 g/mol. The Morgan fingerprint density at radius 1 is 1.35 bits per heavy atom. The minimum Gasteiger partial charge on any atom is -0.268 e. The number of aromatic nitrogens is 2. The highest BCUT2D eigenvalue weighted by Crippen LogP contribution is 2.30. The van der Waals surface area contributed by atoms with Crippen LogP contribution < -0.4 is 4.72 Å². The van der Waals surface area contributed by atoms with E-state index in [0.717, 1.165) is 24.1 Å². The maximum absolute atomic E-state index is 12.6. The predicted octanol–water partition coefficient (Wildman–Crippen LogP) is 2.40. The summed E-state index contributed by atoms with van der Waals surface area (Å²) in [4.78, 5) is 13.8. The van der Waals surface area contributed by atoms with E-state index in [-0.39, 0.29) is 0 Å². The van der Waals surface area contributed by atoms with Crippen molar-refractivity contribution in [1.82, 2.24) is 18.8 Å². The van der Waals surface area contributed by atoms with Crippen molar-refractivity contribution in [2.45, 2.75) is 51.6 Å². The van der Waals surface area contributed by atoms with E-state index in [4.69, 9.17) is 0 Å². The van der Waals surface area contributed by atoms with Crippen LogP contribution in [0.4, 0.5) is 0 Å². The van der Waals surface area contributed by atoms with Crippen LogP contribution in [0.15, 0.2) is 17.6 Å². The third kappa shape index (κ3) is 3.19. The van der Waals surface area contributed by atoms with Crippen LogP contribution >= 0.6 is 11.3 Å². The molecule has 2 aromatic rings. The van der Waals surface area contributed by atoms with Crippen molar-refractivity contribution in [3.05, 3.63) is 39.3 Å². The molecule has 0 bridgehead atoms. The molecule has 1 amide bonds. The van der Waals surface area contributed by atoms with Crippen molar-refractivity contribution in [3.8, 4) is 0 Å². The smallest absolute Gasteiger partial charge is 0.268 e. The van der Waals surface area contributed by atoms with Crippen molar-refractivity contribution in [2.75, 3.05) is 6.54 Å². The minimum absolute atomic E-state index is 0.307. The number of carbonyl (C=O) groups is 1. The molecule has 0 saturated heterocycles. The van der Waals surface area contributed by atoms with Gasteiger partial charge in [0, 0.05) is 23.7 Å². The zero-order chi connectivity index (χ0) is 18.3. The van der Waals surface area contributed by atoms with Crippen molar-refractivity contribution < 1.29 is 13.2 Å². The van der Waals surface area contributed by atoms with E-state index in [9.17, 15) is 13.2 Å². The lowest BCUT2D eigenvalue weighted by Gasteiger charge is -2.26. The number of nitrogens with one attached hydrogen (secondary N) is 1. The molecule has 2 aliphatic rings. The Balaban J connectivity index is 1.49. The van der Waals surface area contributed by atoms with Crippen molar-refractivity contribution >= 4 is 27.5 Å². The maximum atomic E-state index is 12.6. The maximum Gasteiger partial charge on any atom is 0.304 e. The third-order valence-corrected chi connectivity index (χ3v) is 7.75. The number of thiophene rings is 1. The predicted molar refractivity (Wildman–Crippen MR) is 99.3 cm³/mol. The largest absolute Gasteiger partial charge is 0.304 e. The summed E-state index contributed by atoms with van der Waals surface area (Å²) in [6, 6.07) is 2.26. The Morgan fingerprint density at radius 2 is 2.12 bits per heavy atom. The van der Waals surface area contributed by atoms with Gasteiger partial charge in [-0.15, -0.1) is 11.3 Å². The Bertz CT molecular complexity index is 926. The first-order chi connectivity index (χ1) is 12.5. The van der Waals surface area contributed by atoms with Gasteiger partial charge in [-0.3, -0.25) is 9.48 Å². The molecule has 1 aliphatic heterocycles. The van der Waals surface area contributed by atoms with E-state index < -0.39 is 16.1 Å². The molecule has 1 saturated carbocycles. The number of rotatable bonds is 4. The van der Waals surface area contributed by atoms with Gasteiger partial charge < -0.3 is 0 Å². The van der Waals surface area contributed by atoms with Gasteiger partial charge in [-0.05, 0) is 43.2 Å². The highest BCUT2D eigenvalue weighted by atomic mass is 32.2. The summed E-state index contributed by atoms with van der Waals surface area (Å²) in [6.07, 6.45) is 6.60. The molecule has 1 aliphatic carbocycles. The van der Waals surface area contributed by atoms with E-state index in [1.807, 2.05) is 23.1 Å². The van der Waals surface area contributed by atoms with E-state index in [1.54, 1.807) is 11.3 Å². The summed E-state index contributed by atoms with van der Waals surface area (Å²) >= 11 is 1.65. The molecule has 2 aromatic heterocycles. The van der Waals surface area contributed by atoms with Gasteiger partial charge in [-0.25, -0.2) is 4.72 Å². The van der Waals surface area contributed by atoms with Gasteiger partial charge in [0.25, 0.3) is 5.91 Å². The molecular formula is C17H22N4O3S2. The zero-order valence-corrected chi connectivity index (χ0v) is 16.3. The molecule has 0 aromatic carbocycles. The Hall–Kier alpha value is -1.71. The average molecular weight is 395 g/mol. The quantitative estimate of drug-likeness (QED) is 0.863. The monoisotopic (exact) mass is 394 g/mol. The Morgan fingerprint density at radius 3 is 2.88 bits per heavy atom. The van der Waals surface area contributed by atoms with E-state index >= 15 is 0 Å². The molecule has 0 unspecified atom stereocenters. The highest BCUT2D eigenvalue weighted by molar-refractivity contribution is 7.87. The summed E-state index contributed by atoms with van der Waals surface area (Å²) in [5.74, 6) is -0.608.